The first-order chi connectivity index (χ1) is 9.63. The molecule has 1 aliphatic rings. The van der Waals surface area contributed by atoms with Gasteiger partial charge in [0.05, 0.1) is 0 Å². The van der Waals surface area contributed by atoms with Crippen molar-refractivity contribution < 1.29 is 14.3 Å². The number of allylic oxidation sites excluding steroid dienone is 2. The number of hydrogen-bond donors (Lipinski definition) is 1. The third-order valence-corrected chi connectivity index (χ3v) is 3.85. The summed E-state index contributed by atoms with van der Waals surface area (Å²) in [5.74, 6) is -1.04. The monoisotopic (exact) mass is 276 g/mol. The lowest BCUT2D eigenvalue weighted by atomic mass is 9.87. The minimum atomic E-state index is -0.437. The van der Waals surface area contributed by atoms with Crippen molar-refractivity contribution in [1.29, 1.82) is 0 Å². The summed E-state index contributed by atoms with van der Waals surface area (Å²) in [6, 6.07) is 4.23. The molecule has 108 valence electrons. The lowest BCUT2D eigenvalue weighted by molar-refractivity contribution is 0.0968. The number of hydrogen-bond acceptors (Lipinski definition) is 2. The van der Waals surface area contributed by atoms with Crippen LogP contribution < -0.4 is 0 Å². The van der Waals surface area contributed by atoms with E-state index in [4.69, 9.17) is 0 Å². The van der Waals surface area contributed by atoms with Crippen molar-refractivity contribution in [3.8, 4) is 0 Å². The Kier molecular flexibility index (Phi) is 4.94. The van der Waals surface area contributed by atoms with Crippen molar-refractivity contribution in [1.82, 2.24) is 0 Å². The summed E-state index contributed by atoms with van der Waals surface area (Å²) in [5, 5.41) is 9.99. The van der Waals surface area contributed by atoms with E-state index in [-0.39, 0.29) is 5.76 Å². The lowest BCUT2D eigenvalue weighted by Crippen LogP contribution is -2.16. The molecule has 1 aromatic carbocycles. The van der Waals surface area contributed by atoms with E-state index in [0.29, 0.717) is 12.0 Å². The number of fused-ring (bicyclic) bond motifs is 1. The smallest absolute Gasteiger partial charge is 0.227 e. The minimum Gasteiger partial charge on any atom is -0.504 e. The Morgan fingerprint density at radius 2 is 1.95 bits per heavy atom. The Labute approximate surface area is 119 Å². The van der Waals surface area contributed by atoms with Gasteiger partial charge in [-0.1, -0.05) is 38.7 Å². The molecular weight excluding hydrogens is 255 g/mol. The molecule has 0 aromatic heterocycles. The van der Waals surface area contributed by atoms with E-state index in [0.717, 1.165) is 30.4 Å². The number of ketones is 1. The molecule has 0 radical (unpaired) electrons. The SMILES string of the molecule is CCCCCCCC1=C(O)C(=O)c2cc(F)ccc2C1. The zero-order valence-corrected chi connectivity index (χ0v) is 11.9. The molecule has 1 N–H and O–H groups in total. The van der Waals surface area contributed by atoms with Gasteiger partial charge in [0.1, 0.15) is 5.82 Å². The van der Waals surface area contributed by atoms with Crippen LogP contribution >= 0.6 is 0 Å². The summed E-state index contributed by atoms with van der Waals surface area (Å²) in [5.41, 5.74) is 1.92. The maximum Gasteiger partial charge on any atom is 0.227 e. The van der Waals surface area contributed by atoms with Gasteiger partial charge in [0.15, 0.2) is 5.76 Å². The average molecular weight is 276 g/mol. The number of halogens is 1. The predicted octanol–water partition coefficient (Wildman–Crippen LogP) is 4.74. The van der Waals surface area contributed by atoms with E-state index >= 15 is 0 Å². The van der Waals surface area contributed by atoms with Crippen LogP contribution in [0.1, 0.15) is 61.4 Å². The Morgan fingerprint density at radius 3 is 2.70 bits per heavy atom. The van der Waals surface area contributed by atoms with E-state index in [1.807, 2.05) is 0 Å². The Bertz CT molecular complexity index is 532. The van der Waals surface area contributed by atoms with E-state index < -0.39 is 11.6 Å². The molecule has 0 heterocycles. The maximum absolute atomic E-state index is 13.2. The van der Waals surface area contributed by atoms with Gasteiger partial charge in [-0.3, -0.25) is 4.79 Å². The number of unbranched alkanes of at least 4 members (excludes halogenated alkanes) is 4. The first-order valence-electron chi connectivity index (χ1n) is 7.37. The molecule has 0 saturated heterocycles. The first-order valence-corrected chi connectivity index (χ1v) is 7.37. The molecule has 1 aromatic rings. The van der Waals surface area contributed by atoms with Crippen LogP contribution in [0.25, 0.3) is 0 Å². The van der Waals surface area contributed by atoms with Crippen LogP contribution in [0.3, 0.4) is 0 Å². The van der Waals surface area contributed by atoms with Crippen molar-refractivity contribution in [2.24, 2.45) is 0 Å². The molecule has 0 saturated carbocycles. The highest BCUT2D eigenvalue weighted by Gasteiger charge is 2.25. The highest BCUT2D eigenvalue weighted by molar-refractivity contribution is 6.09. The third kappa shape index (κ3) is 3.27. The fourth-order valence-electron chi connectivity index (χ4n) is 2.66. The highest BCUT2D eigenvalue weighted by Crippen LogP contribution is 2.28. The van der Waals surface area contributed by atoms with Gasteiger partial charge in [0.2, 0.25) is 5.78 Å². The van der Waals surface area contributed by atoms with Crippen LogP contribution in [0.2, 0.25) is 0 Å². The fraction of sp³-hybridized carbons (Fsp3) is 0.471. The Balaban J connectivity index is 2.03. The van der Waals surface area contributed by atoms with Crippen molar-refractivity contribution in [3.63, 3.8) is 0 Å². The van der Waals surface area contributed by atoms with Crippen molar-refractivity contribution in [2.45, 2.75) is 51.9 Å². The lowest BCUT2D eigenvalue weighted by Gasteiger charge is -2.18. The van der Waals surface area contributed by atoms with Crippen LogP contribution in [0.5, 0.6) is 0 Å². The Hall–Kier alpha value is -1.64. The largest absolute Gasteiger partial charge is 0.504 e. The van der Waals surface area contributed by atoms with Crippen LogP contribution in [0.15, 0.2) is 29.5 Å². The first kappa shape index (κ1) is 14.8. The molecule has 0 fully saturated rings. The van der Waals surface area contributed by atoms with E-state index in [9.17, 15) is 14.3 Å². The number of aliphatic hydroxyl groups is 1. The average Bonchev–Trinajstić information content (AvgIpc) is 2.44. The van der Waals surface area contributed by atoms with Gasteiger partial charge in [-0.2, -0.15) is 0 Å². The van der Waals surface area contributed by atoms with E-state index in [1.54, 1.807) is 6.07 Å². The zero-order chi connectivity index (χ0) is 14.5. The topological polar surface area (TPSA) is 37.3 Å². The van der Waals surface area contributed by atoms with Crippen LogP contribution in [0.4, 0.5) is 4.39 Å². The second-order valence-corrected chi connectivity index (χ2v) is 5.42. The molecule has 20 heavy (non-hydrogen) atoms. The van der Waals surface area contributed by atoms with E-state index in [1.165, 1.54) is 31.4 Å². The summed E-state index contributed by atoms with van der Waals surface area (Å²) in [7, 11) is 0. The summed E-state index contributed by atoms with van der Waals surface area (Å²) >= 11 is 0. The number of rotatable bonds is 6. The van der Waals surface area contributed by atoms with Gasteiger partial charge in [0, 0.05) is 5.56 Å². The molecule has 0 amide bonds. The van der Waals surface area contributed by atoms with Crippen LogP contribution in [-0.4, -0.2) is 10.9 Å². The summed E-state index contributed by atoms with van der Waals surface area (Å²) in [6.45, 7) is 2.17. The van der Waals surface area contributed by atoms with Gasteiger partial charge in [-0.25, -0.2) is 4.39 Å². The van der Waals surface area contributed by atoms with Gasteiger partial charge in [0.25, 0.3) is 0 Å². The quantitative estimate of drug-likeness (QED) is 0.762. The third-order valence-electron chi connectivity index (χ3n) is 3.85. The van der Waals surface area contributed by atoms with Crippen molar-refractivity contribution in [2.75, 3.05) is 0 Å². The van der Waals surface area contributed by atoms with Gasteiger partial charge in [-0.05, 0) is 42.5 Å². The zero-order valence-electron chi connectivity index (χ0n) is 11.9. The van der Waals surface area contributed by atoms with Crippen molar-refractivity contribution in [3.05, 3.63) is 46.5 Å². The molecule has 0 unspecified atom stereocenters. The number of carbonyl (C=O) groups is 1. The molecule has 2 nitrogen and oxygen atoms in total. The maximum atomic E-state index is 13.2. The predicted molar refractivity (Wildman–Crippen MR) is 77.5 cm³/mol. The number of Topliss-reactive ketones (excluding diaryl/α,β-unsaturated/α-hetero) is 1. The minimum absolute atomic E-state index is 0.168. The number of carbonyl (C=O) groups excluding carboxylic acids is 1. The standard InChI is InChI=1S/C17H21FO2/c1-2-3-4-5-6-7-13-10-12-8-9-14(18)11-15(12)17(20)16(13)19/h8-9,11,19H,2-7,10H2,1H3. The summed E-state index contributed by atoms with van der Waals surface area (Å²) in [6.07, 6.45) is 7.04. The molecule has 2 rings (SSSR count). The number of benzene rings is 1. The van der Waals surface area contributed by atoms with Crippen LogP contribution in [0, 0.1) is 5.82 Å². The molecule has 0 atom stereocenters. The highest BCUT2D eigenvalue weighted by atomic mass is 19.1. The summed E-state index contributed by atoms with van der Waals surface area (Å²) in [4.78, 5) is 12.0. The van der Waals surface area contributed by atoms with Gasteiger partial charge < -0.3 is 5.11 Å². The van der Waals surface area contributed by atoms with E-state index in [2.05, 4.69) is 6.92 Å². The second kappa shape index (κ2) is 6.69. The molecular formula is C17H21FO2. The fourth-order valence-corrected chi connectivity index (χ4v) is 2.66. The second-order valence-electron chi connectivity index (χ2n) is 5.42. The number of aliphatic hydroxyl groups excluding tert-OH is 1. The Morgan fingerprint density at radius 1 is 1.20 bits per heavy atom. The summed E-state index contributed by atoms with van der Waals surface area (Å²) < 4.78 is 13.2. The normalized spacial score (nSPS) is 14.6. The van der Waals surface area contributed by atoms with Crippen molar-refractivity contribution >= 4 is 5.78 Å². The van der Waals surface area contributed by atoms with Crippen LogP contribution in [-0.2, 0) is 6.42 Å². The van der Waals surface area contributed by atoms with Gasteiger partial charge in [-0.15, -0.1) is 0 Å². The molecule has 3 heteroatoms. The molecule has 1 aliphatic carbocycles. The van der Waals surface area contributed by atoms with Gasteiger partial charge >= 0.3 is 0 Å². The molecule has 0 aliphatic heterocycles. The molecule has 0 spiro atoms. The molecule has 0 bridgehead atoms.